The Hall–Kier alpha value is -5.64. The van der Waals surface area contributed by atoms with Crippen LogP contribution in [0.4, 0.5) is 0 Å². The molecular formula is C31H26N4O6. The van der Waals surface area contributed by atoms with Crippen molar-refractivity contribution in [2.45, 2.75) is 0 Å². The second-order valence-corrected chi connectivity index (χ2v) is 8.77. The molecule has 0 amide bonds. The first-order chi connectivity index (χ1) is 19.9. The van der Waals surface area contributed by atoms with Gasteiger partial charge in [0.1, 0.15) is 34.0 Å². The molecule has 6 aromatic rings. The smallest absolute Gasteiger partial charge is 0.342 e. The summed E-state index contributed by atoms with van der Waals surface area (Å²) in [6.45, 7) is 0. The number of methoxy groups -OCH3 is 3. The second-order valence-electron chi connectivity index (χ2n) is 8.77. The number of carboxylic acids is 1. The molecule has 4 aromatic heterocycles. The van der Waals surface area contributed by atoms with Crippen LogP contribution in [0.25, 0.3) is 33.5 Å². The number of benzene rings is 2. The SMILES string of the molecule is COC(=O)c1c(-c2ccccc2)nn2ccc(OC)cc12.COc1ccn2nc(-c3ccccc3)c(C(=O)O)c2c1. The molecule has 0 saturated carbocycles. The lowest BCUT2D eigenvalue weighted by Crippen LogP contribution is -2.02. The average molecular weight is 551 g/mol. The molecule has 0 saturated heterocycles. The van der Waals surface area contributed by atoms with Crippen molar-refractivity contribution >= 4 is 23.0 Å². The molecule has 41 heavy (non-hydrogen) atoms. The summed E-state index contributed by atoms with van der Waals surface area (Å²) < 4.78 is 18.5. The molecule has 2 aromatic carbocycles. The van der Waals surface area contributed by atoms with E-state index in [2.05, 4.69) is 10.2 Å². The van der Waals surface area contributed by atoms with Crippen molar-refractivity contribution in [3.63, 3.8) is 0 Å². The lowest BCUT2D eigenvalue weighted by atomic mass is 10.1. The summed E-state index contributed by atoms with van der Waals surface area (Å²) in [4.78, 5) is 23.7. The van der Waals surface area contributed by atoms with Gasteiger partial charge >= 0.3 is 11.9 Å². The highest BCUT2D eigenvalue weighted by Crippen LogP contribution is 2.29. The number of pyridine rings is 2. The van der Waals surface area contributed by atoms with Gasteiger partial charge in [-0.2, -0.15) is 10.2 Å². The molecule has 0 radical (unpaired) electrons. The minimum Gasteiger partial charge on any atom is -0.497 e. The van der Waals surface area contributed by atoms with Crippen molar-refractivity contribution in [2.75, 3.05) is 21.3 Å². The highest BCUT2D eigenvalue weighted by molar-refractivity contribution is 6.04. The monoisotopic (exact) mass is 550 g/mol. The van der Waals surface area contributed by atoms with E-state index in [4.69, 9.17) is 14.2 Å². The van der Waals surface area contributed by atoms with Gasteiger partial charge in [-0.25, -0.2) is 18.6 Å². The quantitative estimate of drug-likeness (QED) is 0.270. The Bertz CT molecular complexity index is 1850. The number of esters is 1. The van der Waals surface area contributed by atoms with Crippen LogP contribution in [0, 0.1) is 0 Å². The molecule has 0 bridgehead atoms. The van der Waals surface area contributed by atoms with E-state index in [1.807, 2.05) is 60.7 Å². The number of ether oxygens (including phenoxy) is 3. The maximum Gasteiger partial charge on any atom is 0.342 e. The summed E-state index contributed by atoms with van der Waals surface area (Å²) in [6, 6.07) is 25.8. The largest absolute Gasteiger partial charge is 0.497 e. The number of hydrogen-bond donors (Lipinski definition) is 1. The lowest BCUT2D eigenvalue weighted by Gasteiger charge is -2.02. The van der Waals surface area contributed by atoms with Gasteiger partial charge in [-0.05, 0) is 12.1 Å². The number of carbonyl (C=O) groups is 2. The number of fused-ring (bicyclic) bond motifs is 2. The first kappa shape index (κ1) is 26.9. The number of rotatable bonds is 6. The summed E-state index contributed by atoms with van der Waals surface area (Å²) in [6.07, 6.45) is 3.44. The van der Waals surface area contributed by atoms with Crippen molar-refractivity contribution < 1.29 is 28.9 Å². The second kappa shape index (κ2) is 11.6. The third-order valence-electron chi connectivity index (χ3n) is 6.38. The van der Waals surface area contributed by atoms with Gasteiger partial charge in [-0.3, -0.25) is 0 Å². The number of aromatic nitrogens is 4. The number of aromatic carboxylic acids is 1. The van der Waals surface area contributed by atoms with E-state index >= 15 is 0 Å². The first-order valence-electron chi connectivity index (χ1n) is 12.5. The van der Waals surface area contributed by atoms with E-state index in [9.17, 15) is 14.7 Å². The third kappa shape index (κ3) is 5.30. The molecule has 0 unspecified atom stereocenters. The number of carboxylic acid groups (broad SMARTS) is 1. The van der Waals surface area contributed by atoms with Gasteiger partial charge in [0.15, 0.2) is 0 Å². The molecule has 0 atom stereocenters. The minimum atomic E-state index is -1.01. The van der Waals surface area contributed by atoms with E-state index in [0.29, 0.717) is 39.5 Å². The van der Waals surface area contributed by atoms with Crippen LogP contribution in [-0.4, -0.2) is 57.6 Å². The average Bonchev–Trinajstić information content (AvgIpc) is 3.60. The minimum absolute atomic E-state index is 0.176. The van der Waals surface area contributed by atoms with Crippen LogP contribution in [0.15, 0.2) is 97.3 Å². The Morgan fingerprint density at radius 3 is 1.51 bits per heavy atom. The van der Waals surface area contributed by atoms with Gasteiger partial charge in [0.05, 0.1) is 32.4 Å². The maximum absolute atomic E-state index is 12.2. The molecule has 0 aliphatic heterocycles. The predicted molar refractivity (Wildman–Crippen MR) is 153 cm³/mol. The highest BCUT2D eigenvalue weighted by atomic mass is 16.5. The van der Waals surface area contributed by atoms with Crippen LogP contribution in [0.1, 0.15) is 20.7 Å². The summed E-state index contributed by atoms with van der Waals surface area (Å²) in [5.74, 6) is -0.170. The molecule has 10 nitrogen and oxygen atoms in total. The molecule has 0 spiro atoms. The standard InChI is InChI=1S/C16H14N2O3.C15H12N2O3/c1-20-12-8-9-18-13(10-12)14(16(19)21-2)15(17-18)11-6-4-3-5-7-11;1-20-11-7-8-17-12(9-11)13(15(18)19)14(16-17)10-5-3-2-4-6-10/h3-10H,1-2H3;2-9H,1H3,(H,18,19). The van der Waals surface area contributed by atoms with Crippen LogP contribution < -0.4 is 9.47 Å². The fourth-order valence-corrected chi connectivity index (χ4v) is 4.42. The summed E-state index contributed by atoms with van der Waals surface area (Å²) >= 11 is 0. The van der Waals surface area contributed by atoms with E-state index in [-0.39, 0.29) is 5.56 Å². The van der Waals surface area contributed by atoms with Gasteiger partial charge in [-0.1, -0.05) is 60.7 Å². The van der Waals surface area contributed by atoms with Gasteiger partial charge < -0.3 is 19.3 Å². The zero-order chi connectivity index (χ0) is 28.9. The van der Waals surface area contributed by atoms with Crippen molar-refractivity contribution in [3.8, 4) is 34.0 Å². The van der Waals surface area contributed by atoms with Crippen molar-refractivity contribution in [3.05, 3.63) is 108 Å². The Kier molecular flexibility index (Phi) is 7.64. The zero-order valence-corrected chi connectivity index (χ0v) is 22.5. The zero-order valence-electron chi connectivity index (χ0n) is 22.5. The summed E-state index contributed by atoms with van der Waals surface area (Å²) in [5, 5.41) is 18.3. The van der Waals surface area contributed by atoms with Crippen LogP contribution in [-0.2, 0) is 4.74 Å². The van der Waals surface area contributed by atoms with E-state index in [1.165, 1.54) is 7.11 Å². The summed E-state index contributed by atoms with van der Waals surface area (Å²) in [5.41, 5.74) is 4.45. The van der Waals surface area contributed by atoms with Gasteiger partial charge in [-0.15, -0.1) is 0 Å². The maximum atomic E-state index is 12.2. The normalized spacial score (nSPS) is 10.6. The molecule has 206 valence electrons. The number of hydrogen-bond acceptors (Lipinski definition) is 7. The molecule has 6 rings (SSSR count). The van der Waals surface area contributed by atoms with Gasteiger partial charge in [0, 0.05) is 35.7 Å². The fourth-order valence-electron chi connectivity index (χ4n) is 4.42. The first-order valence-corrected chi connectivity index (χ1v) is 12.5. The Morgan fingerprint density at radius 1 is 0.659 bits per heavy atom. The molecule has 10 heteroatoms. The summed E-state index contributed by atoms with van der Waals surface area (Å²) in [7, 11) is 4.49. The third-order valence-corrected chi connectivity index (χ3v) is 6.38. The van der Waals surface area contributed by atoms with E-state index < -0.39 is 11.9 Å². The highest BCUT2D eigenvalue weighted by Gasteiger charge is 2.22. The fraction of sp³-hybridized carbons (Fsp3) is 0.0968. The Balaban J connectivity index is 0.000000165. The van der Waals surface area contributed by atoms with E-state index in [0.717, 1.165) is 11.1 Å². The van der Waals surface area contributed by atoms with E-state index in [1.54, 1.807) is 59.9 Å². The van der Waals surface area contributed by atoms with Crippen molar-refractivity contribution in [1.29, 1.82) is 0 Å². The van der Waals surface area contributed by atoms with Crippen LogP contribution in [0.5, 0.6) is 11.5 Å². The lowest BCUT2D eigenvalue weighted by molar-refractivity contribution is 0.0602. The molecule has 4 heterocycles. The molecule has 0 aliphatic carbocycles. The van der Waals surface area contributed by atoms with Crippen LogP contribution in [0.3, 0.4) is 0 Å². The predicted octanol–water partition coefficient (Wildman–Crippen LogP) is 5.50. The van der Waals surface area contributed by atoms with Gasteiger partial charge in [0.2, 0.25) is 0 Å². The molecule has 0 fully saturated rings. The molecular weight excluding hydrogens is 524 g/mol. The van der Waals surface area contributed by atoms with Crippen LogP contribution in [0.2, 0.25) is 0 Å². The van der Waals surface area contributed by atoms with Crippen molar-refractivity contribution in [1.82, 2.24) is 19.2 Å². The number of carbonyl (C=O) groups excluding carboxylic acids is 1. The molecule has 0 aliphatic rings. The molecule has 1 N–H and O–H groups in total. The Labute approximate surface area is 235 Å². The number of nitrogens with zero attached hydrogens (tertiary/aromatic N) is 4. The van der Waals surface area contributed by atoms with Crippen LogP contribution >= 0.6 is 0 Å². The topological polar surface area (TPSA) is 117 Å². The Morgan fingerprint density at radius 2 is 1.10 bits per heavy atom. The van der Waals surface area contributed by atoms with Crippen molar-refractivity contribution in [2.24, 2.45) is 0 Å². The van der Waals surface area contributed by atoms with Gasteiger partial charge in [0.25, 0.3) is 0 Å².